The quantitative estimate of drug-likeness (QED) is 0.727. The number of nitrogens with zero attached hydrogens (tertiary/aromatic N) is 1. The van der Waals surface area contributed by atoms with Crippen molar-refractivity contribution in [3.8, 4) is 0 Å². The minimum Gasteiger partial charge on any atom is -0.479 e. The van der Waals surface area contributed by atoms with Crippen molar-refractivity contribution in [3.05, 3.63) is 23.0 Å². The van der Waals surface area contributed by atoms with Crippen LogP contribution in [0.3, 0.4) is 0 Å². The van der Waals surface area contributed by atoms with E-state index in [0.29, 0.717) is 5.56 Å². The molecule has 76 valence electrons. The molecule has 0 spiro atoms. The largest absolute Gasteiger partial charge is 0.479 e. The second kappa shape index (κ2) is 3.13. The molecule has 1 heterocycles. The standard InChI is InChI=1S/C10H13NO3/c1-11-5-7(9(12)10(13)14)6-3-2-4-8(6)11/h5,9,12H,2-4H2,1H3,(H,13,14). The van der Waals surface area contributed by atoms with Gasteiger partial charge in [0.1, 0.15) is 0 Å². The van der Waals surface area contributed by atoms with Gasteiger partial charge in [0.15, 0.2) is 6.10 Å². The molecule has 2 rings (SSSR count). The summed E-state index contributed by atoms with van der Waals surface area (Å²) >= 11 is 0. The Labute approximate surface area is 81.8 Å². The van der Waals surface area contributed by atoms with Gasteiger partial charge >= 0.3 is 5.97 Å². The maximum absolute atomic E-state index is 10.6. The maximum atomic E-state index is 10.6. The first-order valence-electron chi connectivity index (χ1n) is 4.69. The number of carbonyl (C=O) groups is 1. The predicted octanol–water partition coefficient (Wildman–Crippen LogP) is 0.632. The molecule has 4 heteroatoms. The Kier molecular flexibility index (Phi) is 2.07. The second-order valence-corrected chi connectivity index (χ2v) is 3.71. The normalized spacial score (nSPS) is 16.7. The first-order valence-corrected chi connectivity index (χ1v) is 4.69. The van der Waals surface area contributed by atoms with E-state index in [1.54, 1.807) is 6.20 Å². The number of carboxylic acids is 1. The van der Waals surface area contributed by atoms with E-state index >= 15 is 0 Å². The number of aromatic nitrogens is 1. The van der Waals surface area contributed by atoms with Crippen molar-refractivity contribution in [1.29, 1.82) is 0 Å². The SMILES string of the molecule is Cn1cc(C(O)C(=O)O)c2c1CCC2. The van der Waals surface area contributed by atoms with Crippen LogP contribution in [0.1, 0.15) is 29.3 Å². The van der Waals surface area contributed by atoms with Gasteiger partial charge in [0.05, 0.1) is 0 Å². The number of aliphatic hydroxyl groups excluding tert-OH is 1. The Morgan fingerprint density at radius 2 is 2.29 bits per heavy atom. The highest BCUT2D eigenvalue weighted by Crippen LogP contribution is 2.30. The third kappa shape index (κ3) is 1.23. The lowest BCUT2D eigenvalue weighted by molar-refractivity contribution is -0.147. The highest BCUT2D eigenvalue weighted by atomic mass is 16.4. The second-order valence-electron chi connectivity index (χ2n) is 3.71. The van der Waals surface area contributed by atoms with E-state index in [-0.39, 0.29) is 0 Å². The van der Waals surface area contributed by atoms with Gasteiger partial charge in [0, 0.05) is 24.5 Å². The van der Waals surface area contributed by atoms with E-state index in [4.69, 9.17) is 5.11 Å². The third-order valence-corrected chi connectivity index (χ3v) is 2.82. The van der Waals surface area contributed by atoms with Gasteiger partial charge in [-0.05, 0) is 24.8 Å². The summed E-state index contributed by atoms with van der Waals surface area (Å²) in [6.07, 6.45) is 3.28. The minimum absolute atomic E-state index is 0.563. The average Bonchev–Trinajstić information content (AvgIpc) is 2.68. The lowest BCUT2D eigenvalue weighted by atomic mass is 10.1. The molecule has 0 bridgehead atoms. The molecule has 0 amide bonds. The van der Waals surface area contributed by atoms with Crippen molar-refractivity contribution in [2.75, 3.05) is 0 Å². The molecule has 1 aromatic rings. The van der Waals surface area contributed by atoms with Crippen LogP contribution in [0, 0.1) is 0 Å². The van der Waals surface area contributed by atoms with E-state index in [2.05, 4.69) is 0 Å². The minimum atomic E-state index is -1.37. The Balaban J connectivity index is 2.44. The molecule has 0 saturated heterocycles. The van der Waals surface area contributed by atoms with Gasteiger partial charge < -0.3 is 14.8 Å². The van der Waals surface area contributed by atoms with Crippen LogP contribution in [-0.2, 0) is 24.7 Å². The number of aliphatic carboxylic acids is 1. The van der Waals surface area contributed by atoms with Crippen molar-refractivity contribution in [1.82, 2.24) is 4.57 Å². The summed E-state index contributed by atoms with van der Waals surface area (Å²) in [5, 5.41) is 18.2. The van der Waals surface area contributed by atoms with Gasteiger partial charge in [-0.3, -0.25) is 0 Å². The van der Waals surface area contributed by atoms with Crippen molar-refractivity contribution in [2.45, 2.75) is 25.4 Å². The summed E-state index contributed by atoms with van der Waals surface area (Å²) in [4.78, 5) is 10.6. The van der Waals surface area contributed by atoms with Crippen molar-refractivity contribution in [3.63, 3.8) is 0 Å². The number of aliphatic hydroxyl groups is 1. The van der Waals surface area contributed by atoms with E-state index in [0.717, 1.165) is 24.8 Å². The molecule has 0 aliphatic heterocycles. The number of aryl methyl sites for hydroxylation is 1. The summed E-state index contributed by atoms with van der Waals surface area (Å²) in [6, 6.07) is 0. The summed E-state index contributed by atoms with van der Waals surface area (Å²) in [7, 11) is 1.89. The average molecular weight is 195 g/mol. The van der Waals surface area contributed by atoms with Crippen LogP contribution in [0.15, 0.2) is 6.20 Å². The van der Waals surface area contributed by atoms with Crippen LogP contribution in [0.2, 0.25) is 0 Å². The zero-order chi connectivity index (χ0) is 10.3. The molecular formula is C10H13NO3. The Morgan fingerprint density at radius 3 is 2.93 bits per heavy atom. The Morgan fingerprint density at radius 1 is 1.57 bits per heavy atom. The molecule has 1 aliphatic rings. The number of carboxylic acid groups (broad SMARTS) is 1. The molecule has 2 N–H and O–H groups in total. The maximum Gasteiger partial charge on any atom is 0.337 e. The van der Waals surface area contributed by atoms with Crippen molar-refractivity contribution < 1.29 is 15.0 Å². The molecule has 1 aliphatic carbocycles. The topological polar surface area (TPSA) is 62.5 Å². The molecule has 1 atom stereocenters. The smallest absolute Gasteiger partial charge is 0.337 e. The lowest BCUT2D eigenvalue weighted by Crippen LogP contribution is -2.11. The predicted molar refractivity (Wildman–Crippen MR) is 50.0 cm³/mol. The number of hydrogen-bond donors (Lipinski definition) is 2. The zero-order valence-electron chi connectivity index (χ0n) is 8.03. The first-order chi connectivity index (χ1) is 6.61. The van der Waals surface area contributed by atoms with Crippen LogP contribution in [-0.4, -0.2) is 20.7 Å². The van der Waals surface area contributed by atoms with Gasteiger partial charge in [-0.1, -0.05) is 0 Å². The van der Waals surface area contributed by atoms with E-state index in [1.807, 2.05) is 11.6 Å². The van der Waals surface area contributed by atoms with Crippen LogP contribution in [0.5, 0.6) is 0 Å². The fourth-order valence-electron chi connectivity index (χ4n) is 2.16. The number of rotatable bonds is 2. The fourth-order valence-corrected chi connectivity index (χ4v) is 2.16. The van der Waals surface area contributed by atoms with Crippen molar-refractivity contribution in [2.24, 2.45) is 7.05 Å². The molecule has 1 aromatic heterocycles. The summed E-state index contributed by atoms with van der Waals surface area (Å²) in [5.74, 6) is -1.18. The molecule has 0 radical (unpaired) electrons. The fraction of sp³-hybridized carbons (Fsp3) is 0.500. The molecule has 14 heavy (non-hydrogen) atoms. The molecule has 4 nitrogen and oxygen atoms in total. The third-order valence-electron chi connectivity index (χ3n) is 2.82. The number of fused-ring (bicyclic) bond motifs is 1. The highest BCUT2D eigenvalue weighted by molar-refractivity contribution is 5.74. The first kappa shape index (κ1) is 9.27. The van der Waals surface area contributed by atoms with Gasteiger partial charge in [-0.15, -0.1) is 0 Å². The number of hydrogen-bond acceptors (Lipinski definition) is 2. The summed E-state index contributed by atoms with van der Waals surface area (Å²) in [6.45, 7) is 0. The monoisotopic (exact) mass is 195 g/mol. The zero-order valence-corrected chi connectivity index (χ0v) is 8.03. The van der Waals surface area contributed by atoms with Gasteiger partial charge in [-0.2, -0.15) is 0 Å². The summed E-state index contributed by atoms with van der Waals surface area (Å²) in [5.41, 5.74) is 2.76. The van der Waals surface area contributed by atoms with Gasteiger partial charge in [0.2, 0.25) is 0 Å². The Bertz CT molecular complexity index is 381. The van der Waals surface area contributed by atoms with E-state index < -0.39 is 12.1 Å². The van der Waals surface area contributed by atoms with Crippen LogP contribution in [0.4, 0.5) is 0 Å². The highest BCUT2D eigenvalue weighted by Gasteiger charge is 2.26. The van der Waals surface area contributed by atoms with Crippen molar-refractivity contribution >= 4 is 5.97 Å². The Hall–Kier alpha value is -1.29. The van der Waals surface area contributed by atoms with E-state index in [1.165, 1.54) is 5.69 Å². The molecule has 0 saturated carbocycles. The van der Waals surface area contributed by atoms with Crippen LogP contribution in [0.25, 0.3) is 0 Å². The molecule has 0 fully saturated rings. The van der Waals surface area contributed by atoms with Gasteiger partial charge in [-0.25, -0.2) is 4.79 Å². The lowest BCUT2D eigenvalue weighted by Gasteiger charge is -2.04. The van der Waals surface area contributed by atoms with Crippen LogP contribution >= 0.6 is 0 Å². The van der Waals surface area contributed by atoms with Crippen LogP contribution < -0.4 is 0 Å². The molecule has 1 unspecified atom stereocenters. The summed E-state index contributed by atoms with van der Waals surface area (Å²) < 4.78 is 1.92. The van der Waals surface area contributed by atoms with Gasteiger partial charge in [0.25, 0.3) is 0 Å². The molecular weight excluding hydrogens is 182 g/mol. The molecule has 0 aromatic carbocycles. The van der Waals surface area contributed by atoms with E-state index in [9.17, 15) is 9.90 Å².